The second-order valence-electron chi connectivity index (χ2n) is 5.08. The fourth-order valence-electron chi connectivity index (χ4n) is 2.14. The maximum Gasteiger partial charge on any atom is 0.182 e. The Kier molecular flexibility index (Phi) is 7.81. The zero-order chi connectivity index (χ0) is 16.8. The van der Waals surface area contributed by atoms with Gasteiger partial charge in [-0.1, -0.05) is 0 Å². The fraction of sp³-hybridized carbons (Fsp3) is 0.353. The molecule has 24 heavy (non-hydrogen) atoms. The topological polar surface area (TPSA) is 77.2 Å². The van der Waals surface area contributed by atoms with E-state index in [1.807, 2.05) is 6.92 Å². The standard InChI is InChI=1S/C17H21N3O3.BrH/c1-4-23-11-14-9-20(12(2)19-17(14)18)10-16(21)13-5-7-15(22-3)8-6-13;/h5-9,18H,4,10-11H2,1-3H3;1H. The first-order chi connectivity index (χ1) is 11.0. The van der Waals surface area contributed by atoms with Crippen molar-refractivity contribution in [1.29, 1.82) is 5.41 Å². The van der Waals surface area contributed by atoms with E-state index in [0.717, 1.165) is 0 Å². The Labute approximate surface area is 151 Å². The average Bonchev–Trinajstić information content (AvgIpc) is 2.56. The number of hydrogen-bond donors (Lipinski definition) is 1. The van der Waals surface area contributed by atoms with Crippen LogP contribution < -0.4 is 10.2 Å². The van der Waals surface area contributed by atoms with Crippen LogP contribution in [0.5, 0.6) is 5.75 Å². The van der Waals surface area contributed by atoms with Crippen molar-refractivity contribution in [3.63, 3.8) is 0 Å². The minimum atomic E-state index is -0.0253. The summed E-state index contributed by atoms with van der Waals surface area (Å²) in [7, 11) is 1.59. The number of benzene rings is 1. The summed E-state index contributed by atoms with van der Waals surface area (Å²) in [5, 5.41) is 7.87. The third-order valence-corrected chi connectivity index (χ3v) is 3.49. The van der Waals surface area contributed by atoms with Gasteiger partial charge in [0.15, 0.2) is 11.3 Å². The molecule has 7 heteroatoms. The molecule has 0 spiro atoms. The van der Waals surface area contributed by atoms with E-state index in [2.05, 4.69) is 4.98 Å². The van der Waals surface area contributed by atoms with Crippen LogP contribution in [0.1, 0.15) is 28.7 Å². The zero-order valence-electron chi connectivity index (χ0n) is 14.0. The summed E-state index contributed by atoms with van der Waals surface area (Å²) in [4.78, 5) is 16.6. The molecule has 0 atom stereocenters. The lowest BCUT2D eigenvalue weighted by Gasteiger charge is -2.12. The van der Waals surface area contributed by atoms with E-state index in [0.29, 0.717) is 35.9 Å². The Morgan fingerprint density at radius 2 is 1.96 bits per heavy atom. The first-order valence-electron chi connectivity index (χ1n) is 7.41. The zero-order valence-corrected chi connectivity index (χ0v) is 15.7. The molecule has 2 aromatic rings. The summed E-state index contributed by atoms with van der Waals surface area (Å²) >= 11 is 0. The lowest BCUT2D eigenvalue weighted by atomic mass is 10.1. The smallest absolute Gasteiger partial charge is 0.182 e. The molecule has 1 aromatic heterocycles. The highest BCUT2D eigenvalue weighted by molar-refractivity contribution is 8.93. The highest BCUT2D eigenvalue weighted by Gasteiger charge is 2.10. The summed E-state index contributed by atoms with van der Waals surface area (Å²) < 4.78 is 12.2. The molecule has 0 saturated heterocycles. The number of nitrogens with one attached hydrogen (secondary N) is 1. The van der Waals surface area contributed by atoms with Crippen molar-refractivity contribution < 1.29 is 14.3 Å². The van der Waals surface area contributed by atoms with E-state index < -0.39 is 0 Å². The van der Waals surface area contributed by atoms with Crippen LogP contribution in [0.15, 0.2) is 30.5 Å². The largest absolute Gasteiger partial charge is 0.497 e. The van der Waals surface area contributed by atoms with Gasteiger partial charge in [0.05, 0.1) is 20.3 Å². The monoisotopic (exact) mass is 395 g/mol. The number of aryl methyl sites for hydroxylation is 1. The highest BCUT2D eigenvalue weighted by Crippen LogP contribution is 2.12. The quantitative estimate of drug-likeness (QED) is 0.730. The molecule has 0 saturated carbocycles. The molecular formula is C17H22BrN3O3. The Balaban J connectivity index is 0.00000288. The number of halogens is 1. The summed E-state index contributed by atoms with van der Waals surface area (Å²) in [6.07, 6.45) is 1.77. The Bertz CT molecular complexity index is 742. The van der Waals surface area contributed by atoms with Crippen molar-refractivity contribution in [3.8, 4) is 5.75 Å². The van der Waals surface area contributed by atoms with Gasteiger partial charge in [-0.3, -0.25) is 10.2 Å². The minimum absolute atomic E-state index is 0. The number of Topliss-reactive ketones (excluding diaryl/α,β-unsaturated/α-hetero) is 1. The third-order valence-electron chi connectivity index (χ3n) is 3.49. The molecule has 1 N–H and O–H groups in total. The number of hydrogen-bond acceptors (Lipinski definition) is 5. The minimum Gasteiger partial charge on any atom is -0.497 e. The second-order valence-corrected chi connectivity index (χ2v) is 5.08. The molecule has 6 nitrogen and oxygen atoms in total. The third kappa shape index (κ3) is 5.01. The maximum atomic E-state index is 12.4. The van der Waals surface area contributed by atoms with Gasteiger partial charge in [-0.15, -0.1) is 17.0 Å². The Morgan fingerprint density at radius 3 is 2.54 bits per heavy atom. The number of aromatic nitrogens is 2. The van der Waals surface area contributed by atoms with Crippen LogP contribution in [0.4, 0.5) is 0 Å². The summed E-state index contributed by atoms with van der Waals surface area (Å²) in [6.45, 7) is 4.73. The number of rotatable bonds is 7. The lowest BCUT2D eigenvalue weighted by molar-refractivity contribution is 0.0969. The van der Waals surface area contributed by atoms with Gasteiger partial charge in [0.2, 0.25) is 0 Å². The van der Waals surface area contributed by atoms with Crippen molar-refractivity contribution in [3.05, 3.63) is 52.9 Å². The van der Waals surface area contributed by atoms with Gasteiger partial charge in [0.1, 0.15) is 11.6 Å². The van der Waals surface area contributed by atoms with Gasteiger partial charge < -0.3 is 14.0 Å². The Hall–Kier alpha value is -1.99. The molecule has 0 bridgehead atoms. The first kappa shape index (κ1) is 20.1. The maximum absolute atomic E-state index is 12.4. The van der Waals surface area contributed by atoms with Gasteiger partial charge in [0.25, 0.3) is 0 Å². The van der Waals surface area contributed by atoms with Crippen LogP contribution in [0.2, 0.25) is 0 Å². The van der Waals surface area contributed by atoms with Crippen molar-refractivity contribution in [1.82, 2.24) is 9.55 Å². The van der Waals surface area contributed by atoms with E-state index in [9.17, 15) is 4.79 Å². The molecule has 0 aliphatic carbocycles. The average molecular weight is 396 g/mol. The molecule has 0 radical (unpaired) electrons. The molecule has 0 aliphatic rings. The van der Waals surface area contributed by atoms with E-state index in [-0.39, 0.29) is 34.8 Å². The number of carbonyl (C=O) groups excluding carboxylic acids is 1. The molecule has 2 rings (SSSR count). The van der Waals surface area contributed by atoms with Crippen molar-refractivity contribution >= 4 is 22.8 Å². The molecule has 0 fully saturated rings. The van der Waals surface area contributed by atoms with Crippen molar-refractivity contribution in [2.75, 3.05) is 13.7 Å². The second kappa shape index (κ2) is 9.34. The Morgan fingerprint density at radius 1 is 1.29 bits per heavy atom. The number of ketones is 1. The number of nitrogens with zero attached hydrogens (tertiary/aromatic N) is 2. The van der Waals surface area contributed by atoms with Gasteiger partial charge in [0, 0.05) is 23.9 Å². The van der Waals surface area contributed by atoms with Crippen molar-refractivity contribution in [2.45, 2.75) is 27.0 Å². The van der Waals surface area contributed by atoms with E-state index in [1.54, 1.807) is 49.1 Å². The summed E-state index contributed by atoms with van der Waals surface area (Å²) in [5.74, 6) is 1.31. The number of ether oxygens (including phenoxy) is 2. The number of carbonyl (C=O) groups is 1. The normalized spacial score (nSPS) is 10.1. The molecular weight excluding hydrogens is 374 g/mol. The molecule has 0 unspecified atom stereocenters. The summed E-state index contributed by atoms with van der Waals surface area (Å²) in [6, 6.07) is 7.00. The predicted octanol–water partition coefficient (Wildman–Crippen LogP) is 2.68. The SMILES string of the molecule is Br.CCOCc1cn(CC(=O)c2ccc(OC)cc2)c(C)nc1=N. The summed E-state index contributed by atoms with van der Waals surface area (Å²) in [5.41, 5.74) is 1.46. The molecule has 0 aliphatic heterocycles. The van der Waals surface area contributed by atoms with E-state index in [4.69, 9.17) is 14.9 Å². The van der Waals surface area contributed by atoms with Gasteiger partial charge in [-0.05, 0) is 38.1 Å². The van der Waals surface area contributed by atoms with Crippen molar-refractivity contribution in [2.24, 2.45) is 0 Å². The highest BCUT2D eigenvalue weighted by atomic mass is 79.9. The van der Waals surface area contributed by atoms with Gasteiger partial charge >= 0.3 is 0 Å². The molecule has 0 amide bonds. The van der Waals surface area contributed by atoms with Crippen LogP contribution in [0.25, 0.3) is 0 Å². The van der Waals surface area contributed by atoms with Crippen LogP contribution in [-0.2, 0) is 17.9 Å². The van der Waals surface area contributed by atoms with E-state index in [1.165, 1.54) is 0 Å². The van der Waals surface area contributed by atoms with Gasteiger partial charge in [-0.2, -0.15) is 0 Å². The van der Waals surface area contributed by atoms with Crippen LogP contribution >= 0.6 is 17.0 Å². The predicted molar refractivity (Wildman–Crippen MR) is 95.8 cm³/mol. The van der Waals surface area contributed by atoms with E-state index >= 15 is 0 Å². The first-order valence-corrected chi connectivity index (χ1v) is 7.41. The van der Waals surface area contributed by atoms with Crippen LogP contribution in [-0.4, -0.2) is 29.1 Å². The fourth-order valence-corrected chi connectivity index (χ4v) is 2.14. The molecule has 1 aromatic carbocycles. The lowest BCUT2D eigenvalue weighted by Crippen LogP contribution is -2.23. The van der Waals surface area contributed by atoms with Crippen LogP contribution in [0.3, 0.4) is 0 Å². The van der Waals surface area contributed by atoms with Gasteiger partial charge in [-0.25, -0.2) is 4.98 Å². The molecule has 1 heterocycles. The number of methoxy groups -OCH3 is 1. The van der Waals surface area contributed by atoms with Crippen LogP contribution in [0, 0.1) is 12.3 Å². The molecule has 130 valence electrons.